The molecule has 6 heterocycles. The van der Waals surface area contributed by atoms with E-state index in [9.17, 15) is 14.2 Å². The van der Waals surface area contributed by atoms with Crippen molar-refractivity contribution in [3.8, 4) is 17.2 Å². The first kappa shape index (κ1) is 40.0. The lowest BCUT2D eigenvalue weighted by Crippen LogP contribution is -2.46. The zero-order chi connectivity index (χ0) is 43.2. The van der Waals surface area contributed by atoms with Gasteiger partial charge in [-0.15, -0.1) is 0 Å². The molecule has 3 aromatic carbocycles. The van der Waals surface area contributed by atoms with Crippen LogP contribution in [-0.4, -0.2) is 77.5 Å². The average molecular weight is 859 g/mol. The predicted octanol–water partition coefficient (Wildman–Crippen LogP) is 7.03. The summed E-state index contributed by atoms with van der Waals surface area (Å²) in [6, 6.07) is 18.3. The van der Waals surface area contributed by atoms with Crippen LogP contribution in [0.1, 0.15) is 95.2 Å². The monoisotopic (exact) mass is 858 g/mol. The van der Waals surface area contributed by atoms with E-state index in [1.54, 1.807) is 80.7 Å². The van der Waals surface area contributed by atoms with Gasteiger partial charge in [0.1, 0.15) is 30.0 Å². The van der Waals surface area contributed by atoms with Gasteiger partial charge >= 0.3 is 11.4 Å². The maximum absolute atomic E-state index is 15.4. The van der Waals surface area contributed by atoms with E-state index in [1.165, 1.54) is 14.7 Å². The fourth-order valence-electron chi connectivity index (χ4n) is 9.89. The highest BCUT2D eigenvalue weighted by Crippen LogP contribution is 2.48. The zero-order valence-electron chi connectivity index (χ0n) is 35.4. The first-order valence-electron chi connectivity index (χ1n) is 21.2. The van der Waals surface area contributed by atoms with Crippen molar-refractivity contribution in [3.63, 3.8) is 0 Å². The first-order valence-corrected chi connectivity index (χ1v) is 23.8. The molecule has 2 aliphatic heterocycles. The number of halogens is 1. The molecule has 1 atom stereocenters. The number of carbonyl (C=O) groups is 1. The molecule has 0 bridgehead atoms. The molecule has 14 nitrogen and oxygen atoms in total. The van der Waals surface area contributed by atoms with E-state index < -0.39 is 24.5 Å². The summed E-state index contributed by atoms with van der Waals surface area (Å²) < 4.78 is 45.3. The summed E-state index contributed by atoms with van der Waals surface area (Å²) in [6.07, 6.45) is 7.75. The van der Waals surface area contributed by atoms with Crippen LogP contribution in [0.2, 0.25) is 0 Å². The Balaban J connectivity index is 1.11. The minimum absolute atomic E-state index is 0.217. The molecule has 1 saturated carbocycles. The maximum Gasteiger partial charge on any atom is 0.438 e. The number of fused-ring (bicyclic) bond motifs is 2. The molecule has 320 valence electrons. The van der Waals surface area contributed by atoms with Crippen molar-refractivity contribution in [2.24, 2.45) is 0 Å². The maximum atomic E-state index is 15.4. The van der Waals surface area contributed by atoms with E-state index in [1.807, 2.05) is 17.9 Å². The second-order valence-electron chi connectivity index (χ2n) is 17.5. The molecular weight excluding hydrogens is 811 g/mol. The molecule has 16 heteroatoms. The van der Waals surface area contributed by atoms with E-state index in [4.69, 9.17) is 14.4 Å². The van der Waals surface area contributed by atoms with Crippen LogP contribution in [0.15, 0.2) is 87.2 Å². The minimum atomic E-state index is -2.52. The van der Waals surface area contributed by atoms with E-state index in [0.717, 1.165) is 35.9 Å². The van der Waals surface area contributed by atoms with Gasteiger partial charge in [0.2, 0.25) is 0 Å². The molecule has 62 heavy (non-hydrogen) atoms. The molecule has 1 amide bonds. The number of aromatic nitrogens is 7. The number of nitrogens with zero attached hydrogens (tertiary/aromatic N) is 7. The fourth-order valence-corrected chi connectivity index (χ4v) is 10.8. The van der Waals surface area contributed by atoms with Crippen LogP contribution < -0.4 is 16.8 Å². The molecule has 3 aliphatic rings. The van der Waals surface area contributed by atoms with Gasteiger partial charge in [-0.3, -0.25) is 23.4 Å². The molecule has 0 spiro atoms. The van der Waals surface area contributed by atoms with Crippen molar-refractivity contribution >= 4 is 29.3 Å². The summed E-state index contributed by atoms with van der Waals surface area (Å²) in [4.78, 5) is 47.0. The predicted molar refractivity (Wildman–Crippen MR) is 233 cm³/mol. The molecule has 7 aromatic rings. The molecule has 1 unspecified atom stereocenters. The number of carbonyl (C=O) groups excluding carboxylic acids is 1. The molecule has 4 aromatic heterocycles. The number of hydrogen-bond acceptors (Lipinski definition) is 8. The van der Waals surface area contributed by atoms with Gasteiger partial charge in [0.25, 0.3) is 5.91 Å². The summed E-state index contributed by atoms with van der Waals surface area (Å²) in [5.74, 6) is -0.0203. The number of aryl methyl sites for hydroxylation is 2. The number of hydrogen-bond donors (Lipinski definition) is 1. The van der Waals surface area contributed by atoms with Gasteiger partial charge in [0, 0.05) is 60.3 Å². The van der Waals surface area contributed by atoms with Crippen LogP contribution in [0, 0.1) is 19.7 Å². The Morgan fingerprint density at radius 3 is 2.29 bits per heavy atom. The number of ether oxygens (including phenoxy) is 1. The van der Waals surface area contributed by atoms with Crippen molar-refractivity contribution in [1.82, 2.24) is 38.5 Å². The quantitative estimate of drug-likeness (QED) is 0.160. The lowest BCUT2D eigenvalue weighted by molar-refractivity contribution is 0.0648. The standard InChI is InChI=1S/C46H48FN8O6P/c1-27-23-34(24-28(2)40(27)47)55-41(53-20-19-52(45(53)58)33-8-10-35(11-9-33)62(4,5)59)39-29(3)51(18-13-36(39)49-55)42(56)38-26-32-25-31(30-14-21-60-22-15-30)7-12-37(32)54(38)46(16-6-17-46)43-48-44(57)61-50-43/h7-12,19-20,23-26,29-30H,6,13-18,21-22H2,1-5H3,(H,48,50,57). The lowest BCUT2D eigenvalue weighted by Gasteiger charge is -2.43. The molecule has 0 radical (unpaired) electrons. The van der Waals surface area contributed by atoms with Crippen LogP contribution in [0.3, 0.4) is 0 Å². The van der Waals surface area contributed by atoms with Crippen LogP contribution in [0.4, 0.5) is 4.39 Å². The van der Waals surface area contributed by atoms with Gasteiger partial charge in [-0.2, -0.15) is 5.10 Å². The smallest absolute Gasteiger partial charge is 0.381 e. The Labute approximate surface area is 356 Å². The van der Waals surface area contributed by atoms with Gasteiger partial charge in [0.15, 0.2) is 5.82 Å². The first-order chi connectivity index (χ1) is 29.7. The number of nitrogens with one attached hydrogen (secondary N) is 1. The Kier molecular flexibility index (Phi) is 9.56. The zero-order valence-corrected chi connectivity index (χ0v) is 36.2. The Bertz CT molecular complexity index is 3060. The van der Waals surface area contributed by atoms with Gasteiger partial charge in [-0.05, 0) is 143 Å². The third-order valence-electron chi connectivity index (χ3n) is 13.4. The highest BCUT2D eigenvalue weighted by molar-refractivity contribution is 7.70. The van der Waals surface area contributed by atoms with Gasteiger partial charge < -0.3 is 18.8 Å². The third kappa shape index (κ3) is 6.38. The lowest BCUT2D eigenvalue weighted by atomic mass is 9.75. The number of amides is 1. The number of rotatable bonds is 8. The summed E-state index contributed by atoms with van der Waals surface area (Å²) in [6.45, 7) is 10.5. The summed E-state index contributed by atoms with van der Waals surface area (Å²) in [5, 5.41) is 10.9. The second-order valence-corrected chi connectivity index (χ2v) is 20.7. The summed E-state index contributed by atoms with van der Waals surface area (Å²) in [7, 11) is -2.52. The SMILES string of the molecule is Cc1cc(-n2nc3c(c2-n2ccn(-c4ccc(P(C)(C)=O)cc4)c2=O)C(C)N(C(=O)c2cc4cc(C5CCOCC5)ccc4n2C2(c4noc(=O)[nH]4)CCC2)CC3)cc(C)c1F. The molecule has 1 aliphatic carbocycles. The highest BCUT2D eigenvalue weighted by Gasteiger charge is 2.48. The number of imidazole rings is 1. The largest absolute Gasteiger partial charge is 0.438 e. The highest BCUT2D eigenvalue weighted by atomic mass is 31.2. The second kappa shape index (κ2) is 14.8. The van der Waals surface area contributed by atoms with E-state index in [0.29, 0.717) is 95.6 Å². The summed E-state index contributed by atoms with van der Waals surface area (Å²) >= 11 is 0. The summed E-state index contributed by atoms with van der Waals surface area (Å²) in [5.41, 5.74) is 4.78. The van der Waals surface area contributed by atoms with Crippen molar-refractivity contribution in [2.75, 3.05) is 33.1 Å². The van der Waals surface area contributed by atoms with Crippen LogP contribution in [0.5, 0.6) is 0 Å². The fraction of sp³-hybridized carbons (Fsp3) is 0.370. The normalized spacial score (nSPS) is 18.0. The van der Waals surface area contributed by atoms with Crippen LogP contribution in [-0.2, 0) is 21.3 Å². The molecule has 10 rings (SSSR count). The molecule has 1 N–H and O–H groups in total. The van der Waals surface area contributed by atoms with Crippen molar-refractivity contribution < 1.29 is 23.0 Å². The topological polar surface area (TPSA) is 155 Å². The van der Waals surface area contributed by atoms with Crippen LogP contribution >= 0.6 is 7.14 Å². The van der Waals surface area contributed by atoms with Crippen molar-refractivity contribution in [2.45, 2.75) is 76.8 Å². The van der Waals surface area contributed by atoms with Gasteiger partial charge in [-0.1, -0.05) is 11.2 Å². The number of benzene rings is 3. The van der Waals surface area contributed by atoms with E-state index in [-0.39, 0.29) is 17.4 Å². The van der Waals surface area contributed by atoms with E-state index in [2.05, 4.69) is 32.9 Å². The Morgan fingerprint density at radius 2 is 1.65 bits per heavy atom. The van der Waals surface area contributed by atoms with Crippen molar-refractivity contribution in [3.05, 3.63) is 139 Å². The van der Waals surface area contributed by atoms with Crippen molar-refractivity contribution in [1.29, 1.82) is 0 Å². The minimum Gasteiger partial charge on any atom is -0.381 e. The third-order valence-corrected chi connectivity index (χ3v) is 14.9. The van der Waals surface area contributed by atoms with Crippen LogP contribution in [0.25, 0.3) is 28.1 Å². The molecule has 2 fully saturated rings. The number of H-pyrrole nitrogens is 1. The molecular formula is C46H48FN8O6P. The number of aromatic amines is 1. The van der Waals surface area contributed by atoms with E-state index >= 15 is 9.18 Å². The van der Waals surface area contributed by atoms with Gasteiger partial charge in [-0.25, -0.2) is 18.7 Å². The molecule has 1 saturated heterocycles. The Hall–Kier alpha value is -6.05. The Morgan fingerprint density at radius 1 is 0.935 bits per heavy atom. The van der Waals surface area contributed by atoms with Gasteiger partial charge in [0.05, 0.1) is 23.1 Å². The average Bonchev–Trinajstić information content (AvgIpc) is 4.04.